The summed E-state index contributed by atoms with van der Waals surface area (Å²) in [6.07, 6.45) is 1.47. The Morgan fingerprint density at radius 1 is 1.19 bits per heavy atom. The minimum Gasteiger partial charge on any atom is -0.489 e. The molecule has 0 radical (unpaired) electrons. The summed E-state index contributed by atoms with van der Waals surface area (Å²) < 4.78 is 36.0. The molecule has 138 valence electrons. The summed E-state index contributed by atoms with van der Waals surface area (Å²) in [5, 5.41) is 2.99. The van der Waals surface area contributed by atoms with Gasteiger partial charge in [0, 0.05) is 6.54 Å². The van der Waals surface area contributed by atoms with Crippen LogP contribution in [0.4, 0.5) is 0 Å². The van der Waals surface area contributed by atoms with Crippen LogP contribution in [0.3, 0.4) is 0 Å². The zero-order valence-electron chi connectivity index (χ0n) is 14.5. The fourth-order valence-electron chi connectivity index (χ4n) is 2.86. The molecule has 1 heterocycles. The fourth-order valence-corrected chi connectivity index (χ4v) is 4.16. The summed E-state index contributed by atoms with van der Waals surface area (Å²) in [7, 11) is -2.24. The highest BCUT2D eigenvalue weighted by Gasteiger charge is 2.24. The Hall–Kier alpha value is -2.38. The lowest BCUT2D eigenvalue weighted by atomic mass is 10.0. The van der Waals surface area contributed by atoms with E-state index in [1.165, 1.54) is 7.11 Å². The summed E-state index contributed by atoms with van der Waals surface area (Å²) in [6, 6.07) is 13.4. The third-order valence-electron chi connectivity index (χ3n) is 4.30. The first-order chi connectivity index (χ1) is 12.5. The van der Waals surface area contributed by atoms with Crippen molar-refractivity contribution in [2.75, 3.05) is 20.2 Å². The molecule has 1 N–H and O–H groups in total. The van der Waals surface area contributed by atoms with Crippen molar-refractivity contribution in [1.29, 1.82) is 0 Å². The van der Waals surface area contributed by atoms with Crippen molar-refractivity contribution >= 4 is 15.8 Å². The van der Waals surface area contributed by atoms with Crippen LogP contribution in [-0.2, 0) is 25.8 Å². The Balaban J connectivity index is 1.74. The van der Waals surface area contributed by atoms with Gasteiger partial charge in [0.05, 0.1) is 23.4 Å². The quantitative estimate of drug-likeness (QED) is 0.778. The lowest BCUT2D eigenvalue weighted by molar-refractivity contribution is -0.139. The molecule has 6 nitrogen and oxygen atoms in total. The number of ether oxygens (including phenoxy) is 2. The standard InChI is InChI=1S/C19H21NO5S/c1-24-19(21)13-20-12-15-9-7-14-8-10-17(11-18(14)25-15)26(22,23)16-5-3-2-4-6-16/h2-6,8,10-11,15,20H,7,9,12-13H2,1H3. The highest BCUT2D eigenvalue weighted by molar-refractivity contribution is 7.91. The second kappa shape index (κ2) is 7.88. The van der Waals surface area contributed by atoms with Crippen LogP contribution >= 0.6 is 0 Å². The van der Waals surface area contributed by atoms with Crippen LogP contribution in [0.25, 0.3) is 0 Å². The molecule has 0 saturated carbocycles. The maximum Gasteiger partial charge on any atom is 0.319 e. The van der Waals surface area contributed by atoms with Crippen molar-refractivity contribution in [2.45, 2.75) is 28.7 Å². The summed E-state index contributed by atoms with van der Waals surface area (Å²) >= 11 is 0. The predicted molar refractivity (Wildman–Crippen MR) is 96.0 cm³/mol. The van der Waals surface area contributed by atoms with Gasteiger partial charge in [-0.05, 0) is 42.7 Å². The number of carbonyl (C=O) groups is 1. The Morgan fingerprint density at radius 3 is 2.69 bits per heavy atom. The van der Waals surface area contributed by atoms with E-state index in [1.54, 1.807) is 42.5 Å². The van der Waals surface area contributed by atoms with Crippen LogP contribution in [0.2, 0.25) is 0 Å². The average Bonchev–Trinajstić information content (AvgIpc) is 2.68. The minimum atomic E-state index is -3.58. The third-order valence-corrected chi connectivity index (χ3v) is 6.07. The normalized spacial score (nSPS) is 16.4. The molecule has 0 bridgehead atoms. The van der Waals surface area contributed by atoms with Gasteiger partial charge in [0.2, 0.25) is 9.84 Å². The number of sulfone groups is 1. The van der Waals surface area contributed by atoms with Crippen molar-refractivity contribution in [3.05, 3.63) is 54.1 Å². The van der Waals surface area contributed by atoms with Gasteiger partial charge in [0.15, 0.2) is 0 Å². The van der Waals surface area contributed by atoms with Gasteiger partial charge in [-0.1, -0.05) is 24.3 Å². The van der Waals surface area contributed by atoms with Crippen molar-refractivity contribution < 1.29 is 22.7 Å². The molecule has 0 fully saturated rings. The highest BCUT2D eigenvalue weighted by Crippen LogP contribution is 2.32. The van der Waals surface area contributed by atoms with Crippen molar-refractivity contribution in [3.63, 3.8) is 0 Å². The number of hydrogen-bond acceptors (Lipinski definition) is 6. The third kappa shape index (κ3) is 4.05. The molecule has 3 rings (SSSR count). The summed E-state index contributed by atoms with van der Waals surface area (Å²) in [4.78, 5) is 11.6. The zero-order valence-corrected chi connectivity index (χ0v) is 15.3. The first kappa shape index (κ1) is 18.4. The van der Waals surface area contributed by atoms with Crippen molar-refractivity contribution in [1.82, 2.24) is 5.32 Å². The molecule has 0 saturated heterocycles. The molecule has 0 aliphatic carbocycles. The highest BCUT2D eigenvalue weighted by atomic mass is 32.2. The van der Waals surface area contributed by atoms with Crippen LogP contribution < -0.4 is 10.1 Å². The molecule has 0 spiro atoms. The van der Waals surface area contributed by atoms with Crippen LogP contribution in [-0.4, -0.2) is 40.7 Å². The number of hydrogen-bond donors (Lipinski definition) is 1. The molecule has 0 amide bonds. The number of nitrogens with one attached hydrogen (secondary N) is 1. The molecule has 0 aromatic heterocycles. The number of carbonyl (C=O) groups excluding carboxylic acids is 1. The summed E-state index contributed by atoms with van der Waals surface area (Å²) in [6.45, 7) is 0.607. The van der Waals surface area contributed by atoms with E-state index >= 15 is 0 Å². The summed E-state index contributed by atoms with van der Waals surface area (Å²) in [5.41, 5.74) is 0.987. The molecule has 1 aliphatic heterocycles. The summed E-state index contributed by atoms with van der Waals surface area (Å²) in [5.74, 6) is 0.246. The van der Waals surface area contributed by atoms with Gasteiger partial charge in [-0.15, -0.1) is 0 Å². The molecule has 26 heavy (non-hydrogen) atoms. The van der Waals surface area contributed by atoms with E-state index in [-0.39, 0.29) is 28.4 Å². The van der Waals surface area contributed by atoms with E-state index in [4.69, 9.17) is 4.74 Å². The average molecular weight is 375 g/mol. The van der Waals surface area contributed by atoms with Gasteiger partial charge in [-0.25, -0.2) is 8.42 Å². The topological polar surface area (TPSA) is 81.7 Å². The second-order valence-electron chi connectivity index (χ2n) is 6.07. The molecule has 1 unspecified atom stereocenters. The SMILES string of the molecule is COC(=O)CNCC1CCc2ccc(S(=O)(=O)c3ccccc3)cc2O1. The van der Waals surface area contributed by atoms with Crippen LogP contribution in [0.15, 0.2) is 58.3 Å². The zero-order chi connectivity index (χ0) is 18.6. The smallest absolute Gasteiger partial charge is 0.319 e. The number of aryl methyl sites for hydroxylation is 1. The Bertz CT molecular complexity index is 880. The monoisotopic (exact) mass is 375 g/mol. The van der Waals surface area contributed by atoms with Gasteiger partial charge >= 0.3 is 5.97 Å². The lowest BCUT2D eigenvalue weighted by Crippen LogP contribution is -2.36. The van der Waals surface area contributed by atoms with Crippen LogP contribution in [0.5, 0.6) is 5.75 Å². The molecule has 1 aliphatic rings. The predicted octanol–water partition coefficient (Wildman–Crippen LogP) is 1.98. The number of rotatable bonds is 6. The minimum absolute atomic E-state index is 0.117. The molecular formula is C19H21NO5S. The van der Waals surface area contributed by atoms with E-state index in [1.807, 2.05) is 6.07 Å². The maximum absolute atomic E-state index is 12.8. The van der Waals surface area contributed by atoms with E-state index in [0.29, 0.717) is 12.3 Å². The van der Waals surface area contributed by atoms with E-state index in [9.17, 15) is 13.2 Å². The fraction of sp³-hybridized carbons (Fsp3) is 0.316. The second-order valence-corrected chi connectivity index (χ2v) is 8.02. The molecule has 1 atom stereocenters. The first-order valence-electron chi connectivity index (χ1n) is 8.38. The molecular weight excluding hydrogens is 354 g/mol. The van der Waals surface area contributed by atoms with E-state index in [0.717, 1.165) is 18.4 Å². The maximum atomic E-state index is 12.8. The first-order valence-corrected chi connectivity index (χ1v) is 9.86. The van der Waals surface area contributed by atoms with Gasteiger partial charge in [-0.3, -0.25) is 4.79 Å². The lowest BCUT2D eigenvalue weighted by Gasteiger charge is -2.26. The largest absolute Gasteiger partial charge is 0.489 e. The van der Waals surface area contributed by atoms with Gasteiger partial charge in [0.1, 0.15) is 11.9 Å². The van der Waals surface area contributed by atoms with E-state index < -0.39 is 9.84 Å². The Kier molecular flexibility index (Phi) is 5.58. The number of benzene rings is 2. The Morgan fingerprint density at radius 2 is 1.96 bits per heavy atom. The molecule has 2 aromatic carbocycles. The van der Waals surface area contributed by atoms with Gasteiger partial charge < -0.3 is 14.8 Å². The number of esters is 1. The van der Waals surface area contributed by atoms with E-state index in [2.05, 4.69) is 10.1 Å². The van der Waals surface area contributed by atoms with Crippen molar-refractivity contribution in [2.24, 2.45) is 0 Å². The van der Waals surface area contributed by atoms with Crippen LogP contribution in [0, 0.1) is 0 Å². The number of methoxy groups -OCH3 is 1. The Labute approximate surface area is 153 Å². The van der Waals surface area contributed by atoms with Gasteiger partial charge in [0.25, 0.3) is 0 Å². The molecule has 7 heteroatoms. The van der Waals surface area contributed by atoms with Crippen LogP contribution in [0.1, 0.15) is 12.0 Å². The van der Waals surface area contributed by atoms with Gasteiger partial charge in [-0.2, -0.15) is 0 Å². The number of fused-ring (bicyclic) bond motifs is 1. The molecule has 2 aromatic rings. The van der Waals surface area contributed by atoms with Crippen molar-refractivity contribution in [3.8, 4) is 5.75 Å².